The highest BCUT2D eigenvalue weighted by Gasteiger charge is 2.10. The summed E-state index contributed by atoms with van der Waals surface area (Å²) in [7, 11) is 5.48. The molecule has 1 heterocycles. The number of guanidine groups is 1. The summed E-state index contributed by atoms with van der Waals surface area (Å²) in [5.74, 6) is 1.61. The number of nitrogens with zero attached hydrogens (tertiary/aromatic N) is 5. The molecule has 8 nitrogen and oxygen atoms in total. The second-order valence-electron chi connectivity index (χ2n) is 5.92. The van der Waals surface area contributed by atoms with E-state index in [1.54, 1.807) is 18.1 Å². The van der Waals surface area contributed by atoms with E-state index < -0.39 is 0 Å². The average molecular weight is 357 g/mol. The van der Waals surface area contributed by atoms with Crippen molar-refractivity contribution in [2.75, 3.05) is 27.2 Å². The minimum absolute atomic E-state index is 0.0768. The maximum absolute atomic E-state index is 11.7. The molecular formula is C18H27N7O. The minimum atomic E-state index is -0.0768. The quantitative estimate of drug-likeness (QED) is 0.566. The molecule has 0 saturated carbocycles. The SMILES string of the molecule is CCNC(=NCCc1cccc(C(=O)NC)c1)N(C)Cc1ncnn1C. The van der Waals surface area contributed by atoms with Crippen LogP contribution in [0.25, 0.3) is 0 Å². The number of aryl methyl sites for hydroxylation is 1. The van der Waals surface area contributed by atoms with Crippen molar-refractivity contribution in [2.24, 2.45) is 12.0 Å². The molecule has 0 bridgehead atoms. The summed E-state index contributed by atoms with van der Waals surface area (Å²) in [6, 6.07) is 7.63. The summed E-state index contributed by atoms with van der Waals surface area (Å²) < 4.78 is 1.75. The number of nitrogens with one attached hydrogen (secondary N) is 2. The minimum Gasteiger partial charge on any atom is -0.357 e. The molecule has 0 aliphatic rings. The molecule has 8 heteroatoms. The van der Waals surface area contributed by atoms with E-state index in [9.17, 15) is 4.79 Å². The van der Waals surface area contributed by atoms with Crippen molar-refractivity contribution >= 4 is 11.9 Å². The van der Waals surface area contributed by atoms with Crippen molar-refractivity contribution in [3.8, 4) is 0 Å². The molecular weight excluding hydrogens is 330 g/mol. The predicted octanol–water partition coefficient (Wildman–Crippen LogP) is 0.815. The van der Waals surface area contributed by atoms with E-state index in [0.29, 0.717) is 18.7 Å². The Hall–Kier alpha value is -2.90. The molecule has 0 aliphatic heterocycles. The number of carbonyl (C=O) groups excluding carboxylic acids is 1. The van der Waals surface area contributed by atoms with E-state index in [0.717, 1.165) is 30.3 Å². The van der Waals surface area contributed by atoms with E-state index >= 15 is 0 Å². The lowest BCUT2D eigenvalue weighted by molar-refractivity contribution is 0.0963. The lowest BCUT2D eigenvalue weighted by Crippen LogP contribution is -2.39. The Bertz CT molecular complexity index is 754. The Balaban J connectivity index is 2.00. The third-order valence-corrected chi connectivity index (χ3v) is 3.96. The summed E-state index contributed by atoms with van der Waals surface area (Å²) in [6.07, 6.45) is 2.31. The zero-order valence-corrected chi connectivity index (χ0v) is 15.9. The van der Waals surface area contributed by atoms with Crippen molar-refractivity contribution in [1.82, 2.24) is 30.3 Å². The van der Waals surface area contributed by atoms with Crippen molar-refractivity contribution < 1.29 is 4.79 Å². The number of hydrogen-bond acceptors (Lipinski definition) is 4. The highest BCUT2D eigenvalue weighted by Crippen LogP contribution is 2.07. The predicted molar refractivity (Wildman–Crippen MR) is 102 cm³/mol. The zero-order valence-electron chi connectivity index (χ0n) is 15.9. The molecule has 1 amide bonds. The summed E-state index contributed by atoms with van der Waals surface area (Å²) in [4.78, 5) is 22.7. The van der Waals surface area contributed by atoms with Crippen LogP contribution in [0, 0.1) is 0 Å². The molecule has 26 heavy (non-hydrogen) atoms. The molecule has 0 fully saturated rings. The fourth-order valence-corrected chi connectivity index (χ4v) is 2.52. The first-order valence-corrected chi connectivity index (χ1v) is 8.68. The lowest BCUT2D eigenvalue weighted by atomic mass is 10.1. The maximum atomic E-state index is 11.7. The number of carbonyl (C=O) groups is 1. The van der Waals surface area contributed by atoms with Gasteiger partial charge in [0.05, 0.1) is 6.54 Å². The van der Waals surface area contributed by atoms with Gasteiger partial charge >= 0.3 is 0 Å². The van der Waals surface area contributed by atoms with Gasteiger partial charge in [0.25, 0.3) is 5.91 Å². The van der Waals surface area contributed by atoms with Gasteiger partial charge in [0.2, 0.25) is 0 Å². The van der Waals surface area contributed by atoms with Gasteiger partial charge in [0.1, 0.15) is 12.2 Å². The van der Waals surface area contributed by atoms with Gasteiger partial charge in [-0.2, -0.15) is 5.10 Å². The van der Waals surface area contributed by atoms with Crippen LogP contribution < -0.4 is 10.6 Å². The maximum Gasteiger partial charge on any atom is 0.251 e. The first-order valence-electron chi connectivity index (χ1n) is 8.68. The number of hydrogen-bond donors (Lipinski definition) is 2. The van der Waals surface area contributed by atoms with Crippen molar-refractivity contribution in [3.63, 3.8) is 0 Å². The Morgan fingerprint density at radius 3 is 2.85 bits per heavy atom. The topological polar surface area (TPSA) is 87.4 Å². The van der Waals surface area contributed by atoms with Crippen LogP contribution in [-0.4, -0.2) is 58.7 Å². The number of benzene rings is 1. The summed E-state index contributed by atoms with van der Waals surface area (Å²) in [5.41, 5.74) is 1.75. The Kier molecular flexibility index (Phi) is 7.13. The fraction of sp³-hybridized carbons (Fsp3) is 0.444. The fourth-order valence-electron chi connectivity index (χ4n) is 2.52. The Labute approximate surface area is 154 Å². The second kappa shape index (κ2) is 9.55. The molecule has 1 aromatic heterocycles. The van der Waals surface area contributed by atoms with Gasteiger partial charge in [-0.15, -0.1) is 0 Å². The van der Waals surface area contributed by atoms with E-state index in [2.05, 4.69) is 25.7 Å². The van der Waals surface area contributed by atoms with Gasteiger partial charge < -0.3 is 15.5 Å². The van der Waals surface area contributed by atoms with Gasteiger partial charge in [0.15, 0.2) is 5.96 Å². The largest absolute Gasteiger partial charge is 0.357 e. The first-order chi connectivity index (χ1) is 12.5. The number of amides is 1. The van der Waals surface area contributed by atoms with Gasteiger partial charge in [-0.1, -0.05) is 12.1 Å². The molecule has 2 N–H and O–H groups in total. The second-order valence-corrected chi connectivity index (χ2v) is 5.92. The third-order valence-electron chi connectivity index (χ3n) is 3.96. The summed E-state index contributed by atoms with van der Waals surface area (Å²) in [6.45, 7) is 4.07. The molecule has 0 unspecified atom stereocenters. The van der Waals surface area contributed by atoms with E-state index in [-0.39, 0.29) is 5.91 Å². The van der Waals surface area contributed by atoms with Crippen LogP contribution in [0.1, 0.15) is 28.7 Å². The zero-order chi connectivity index (χ0) is 18.9. The molecule has 140 valence electrons. The standard InChI is InChI=1S/C18H27N7O/c1-5-20-18(24(3)12-16-22-13-23-25(16)4)21-10-9-14-7-6-8-15(11-14)17(26)19-2/h6-8,11,13H,5,9-10,12H2,1-4H3,(H,19,26)(H,20,21). The molecule has 0 atom stereocenters. The Morgan fingerprint density at radius 2 is 2.19 bits per heavy atom. The molecule has 0 saturated heterocycles. The first kappa shape index (κ1) is 19.4. The average Bonchev–Trinajstić information content (AvgIpc) is 3.05. The molecule has 2 rings (SSSR count). The normalized spacial score (nSPS) is 11.3. The van der Waals surface area contributed by atoms with E-state index in [4.69, 9.17) is 0 Å². The molecule has 1 aromatic carbocycles. The lowest BCUT2D eigenvalue weighted by Gasteiger charge is -2.21. The van der Waals surface area contributed by atoms with Crippen LogP contribution in [-0.2, 0) is 20.0 Å². The smallest absolute Gasteiger partial charge is 0.251 e. The highest BCUT2D eigenvalue weighted by molar-refractivity contribution is 5.94. The molecule has 0 aliphatic carbocycles. The highest BCUT2D eigenvalue weighted by atomic mass is 16.1. The van der Waals surface area contributed by atoms with Crippen molar-refractivity contribution in [3.05, 3.63) is 47.5 Å². The summed E-state index contributed by atoms with van der Waals surface area (Å²) >= 11 is 0. The third kappa shape index (κ3) is 5.30. The van der Waals surface area contributed by atoms with Crippen molar-refractivity contribution in [2.45, 2.75) is 19.9 Å². The van der Waals surface area contributed by atoms with Crippen LogP contribution in [0.3, 0.4) is 0 Å². The van der Waals surface area contributed by atoms with Crippen molar-refractivity contribution in [1.29, 1.82) is 0 Å². The van der Waals surface area contributed by atoms with Crippen LogP contribution in [0.15, 0.2) is 35.6 Å². The van der Waals surface area contributed by atoms with Crippen LogP contribution in [0.2, 0.25) is 0 Å². The Morgan fingerprint density at radius 1 is 1.38 bits per heavy atom. The number of aliphatic imine (C=N–C) groups is 1. The van der Waals surface area contributed by atoms with Gasteiger partial charge in [-0.25, -0.2) is 4.98 Å². The van der Waals surface area contributed by atoms with Crippen LogP contribution in [0.5, 0.6) is 0 Å². The van der Waals surface area contributed by atoms with E-state index in [1.165, 1.54) is 0 Å². The number of rotatable bonds is 7. The van der Waals surface area contributed by atoms with Gasteiger partial charge in [0, 0.05) is 39.8 Å². The number of aromatic nitrogens is 3. The summed E-state index contributed by atoms with van der Waals surface area (Å²) in [5, 5.41) is 10.0. The van der Waals surface area contributed by atoms with Gasteiger partial charge in [-0.05, 0) is 31.0 Å². The molecule has 2 aromatic rings. The van der Waals surface area contributed by atoms with Crippen LogP contribution >= 0.6 is 0 Å². The van der Waals surface area contributed by atoms with E-state index in [1.807, 2.05) is 50.2 Å². The van der Waals surface area contributed by atoms with Crippen LogP contribution in [0.4, 0.5) is 0 Å². The molecule has 0 spiro atoms. The molecule has 0 radical (unpaired) electrons. The monoisotopic (exact) mass is 357 g/mol. The van der Waals surface area contributed by atoms with Gasteiger partial charge in [-0.3, -0.25) is 14.5 Å².